The Balaban J connectivity index is 2.09. The number of rotatable bonds is 2. The molecule has 0 aromatic heterocycles. The van der Waals surface area contributed by atoms with E-state index in [0.717, 1.165) is 29.2 Å². The number of alkyl halides is 3. The molecular weight excluding hydrogens is 369 g/mol. The van der Waals surface area contributed by atoms with Crippen LogP contribution in [-0.2, 0) is 11.0 Å². The molecule has 1 aliphatic rings. The highest BCUT2D eigenvalue weighted by molar-refractivity contribution is 6.01. The van der Waals surface area contributed by atoms with Crippen LogP contribution in [0.5, 0.6) is 0 Å². The summed E-state index contributed by atoms with van der Waals surface area (Å²) in [5.74, 6) is -3.87. The Hall–Kier alpha value is -2.97. The molecule has 0 fully saturated rings. The van der Waals surface area contributed by atoms with E-state index in [0.29, 0.717) is 0 Å². The monoisotopic (exact) mass is 383 g/mol. The Morgan fingerprint density at radius 3 is 2.15 bits per heavy atom. The molecule has 0 aliphatic carbocycles. The third-order valence-electron chi connectivity index (χ3n) is 4.41. The van der Waals surface area contributed by atoms with Crippen LogP contribution < -0.4 is 5.73 Å². The summed E-state index contributed by atoms with van der Waals surface area (Å²) in [6, 6.07) is 6.09. The summed E-state index contributed by atoms with van der Waals surface area (Å²) in [5, 5.41) is 0. The minimum atomic E-state index is -4.52. The molecule has 1 aliphatic heterocycles. The number of nitrogens with zero attached hydrogens (tertiary/aromatic N) is 2. The van der Waals surface area contributed by atoms with Gasteiger partial charge in [0.15, 0.2) is 17.6 Å². The van der Waals surface area contributed by atoms with Crippen molar-refractivity contribution in [3.05, 3.63) is 70.8 Å². The summed E-state index contributed by atoms with van der Waals surface area (Å²) >= 11 is 0. The van der Waals surface area contributed by atoms with Crippen LogP contribution in [0.1, 0.15) is 28.7 Å². The first-order valence-electron chi connectivity index (χ1n) is 7.82. The van der Waals surface area contributed by atoms with Crippen molar-refractivity contribution >= 4 is 11.9 Å². The number of carbonyl (C=O) groups is 1. The van der Waals surface area contributed by atoms with Crippen LogP contribution in [0.15, 0.2) is 47.5 Å². The second kappa shape index (κ2) is 6.64. The van der Waals surface area contributed by atoms with Crippen molar-refractivity contribution in [1.82, 2.24) is 4.90 Å². The molecule has 0 saturated heterocycles. The van der Waals surface area contributed by atoms with E-state index in [1.807, 2.05) is 0 Å². The van der Waals surface area contributed by atoms with Gasteiger partial charge in [-0.15, -0.1) is 0 Å². The number of carbonyl (C=O) groups excluding carboxylic acids is 1. The van der Waals surface area contributed by atoms with Gasteiger partial charge in [0.1, 0.15) is 0 Å². The first-order chi connectivity index (χ1) is 12.6. The van der Waals surface area contributed by atoms with E-state index < -0.39 is 41.2 Å². The number of nitrogens with two attached hydrogens (primary N) is 1. The fourth-order valence-electron chi connectivity index (χ4n) is 2.93. The Bertz CT molecular complexity index is 908. The summed E-state index contributed by atoms with van der Waals surface area (Å²) in [7, 11) is 1.37. The van der Waals surface area contributed by atoms with E-state index in [1.165, 1.54) is 25.2 Å². The average molecular weight is 383 g/mol. The molecule has 2 atom stereocenters. The summed E-state index contributed by atoms with van der Waals surface area (Å²) in [5.41, 5.74) is 5.30. The fraction of sp³-hybridized carbons (Fsp3) is 0.222. The zero-order valence-electron chi connectivity index (χ0n) is 14.0. The Labute approximate surface area is 151 Å². The second-order valence-electron chi connectivity index (χ2n) is 6.10. The van der Waals surface area contributed by atoms with Gasteiger partial charge in [-0.2, -0.15) is 13.2 Å². The maximum absolute atomic E-state index is 13.6. The van der Waals surface area contributed by atoms with Crippen LogP contribution in [0.4, 0.5) is 22.0 Å². The van der Waals surface area contributed by atoms with Crippen LogP contribution in [0.3, 0.4) is 0 Å². The molecule has 1 heterocycles. The smallest absolute Gasteiger partial charge is 0.369 e. The van der Waals surface area contributed by atoms with Crippen LogP contribution >= 0.6 is 0 Å². The standard InChI is InChI=1S/C18H14F5N3O/c1-26-16(27)14(9-2-5-11(6-3-9)18(21,22)23)15(25-17(26)24)10-4-7-12(19)13(20)8-10/h2-8,14-15H,1H3,(H2,24,25)/t14-,15-/m1/s1. The molecule has 4 nitrogen and oxygen atoms in total. The second-order valence-corrected chi connectivity index (χ2v) is 6.10. The molecule has 27 heavy (non-hydrogen) atoms. The normalized spacial score (nSPS) is 20.6. The lowest BCUT2D eigenvalue weighted by molar-refractivity contribution is -0.137. The van der Waals surface area contributed by atoms with E-state index in [2.05, 4.69) is 4.99 Å². The summed E-state index contributed by atoms with van der Waals surface area (Å²) in [6.45, 7) is 0. The molecular formula is C18H14F5N3O. The topological polar surface area (TPSA) is 58.7 Å². The van der Waals surface area contributed by atoms with Crippen molar-refractivity contribution in [3.63, 3.8) is 0 Å². The van der Waals surface area contributed by atoms with Gasteiger partial charge in [0.25, 0.3) is 0 Å². The third kappa shape index (κ3) is 3.49. The van der Waals surface area contributed by atoms with Gasteiger partial charge < -0.3 is 5.73 Å². The van der Waals surface area contributed by atoms with Gasteiger partial charge in [0.05, 0.1) is 17.5 Å². The molecule has 9 heteroatoms. The molecule has 0 spiro atoms. The molecule has 2 aromatic carbocycles. The summed E-state index contributed by atoms with van der Waals surface area (Å²) < 4.78 is 65.2. The highest BCUT2D eigenvalue weighted by atomic mass is 19.4. The maximum Gasteiger partial charge on any atom is 0.416 e. The predicted molar refractivity (Wildman–Crippen MR) is 87.7 cm³/mol. The van der Waals surface area contributed by atoms with Crippen LogP contribution in [-0.4, -0.2) is 23.8 Å². The van der Waals surface area contributed by atoms with Crippen molar-refractivity contribution in [1.29, 1.82) is 0 Å². The fourth-order valence-corrected chi connectivity index (χ4v) is 2.93. The quantitative estimate of drug-likeness (QED) is 0.806. The zero-order valence-corrected chi connectivity index (χ0v) is 14.0. The van der Waals surface area contributed by atoms with E-state index >= 15 is 0 Å². The van der Waals surface area contributed by atoms with Gasteiger partial charge in [-0.3, -0.25) is 9.69 Å². The molecule has 3 rings (SSSR count). The Morgan fingerprint density at radius 2 is 1.59 bits per heavy atom. The highest BCUT2D eigenvalue weighted by Gasteiger charge is 2.39. The van der Waals surface area contributed by atoms with E-state index in [-0.39, 0.29) is 17.1 Å². The van der Waals surface area contributed by atoms with E-state index in [1.54, 1.807) is 0 Å². The van der Waals surface area contributed by atoms with Crippen molar-refractivity contribution in [3.8, 4) is 0 Å². The van der Waals surface area contributed by atoms with Gasteiger partial charge in [0.2, 0.25) is 5.91 Å². The zero-order chi connectivity index (χ0) is 19.9. The lowest BCUT2D eigenvalue weighted by Gasteiger charge is -2.33. The lowest BCUT2D eigenvalue weighted by Crippen LogP contribution is -2.46. The molecule has 142 valence electrons. The number of halogens is 5. The lowest BCUT2D eigenvalue weighted by atomic mass is 9.85. The van der Waals surface area contributed by atoms with Crippen molar-refractivity contribution in [2.45, 2.75) is 18.1 Å². The van der Waals surface area contributed by atoms with Crippen LogP contribution in [0.2, 0.25) is 0 Å². The van der Waals surface area contributed by atoms with Gasteiger partial charge in [-0.05, 0) is 35.4 Å². The maximum atomic E-state index is 13.6. The molecule has 2 N–H and O–H groups in total. The predicted octanol–water partition coefficient (Wildman–Crippen LogP) is 3.60. The number of hydrogen-bond donors (Lipinski definition) is 1. The van der Waals surface area contributed by atoms with Crippen molar-refractivity contribution in [2.24, 2.45) is 10.7 Å². The molecule has 0 radical (unpaired) electrons. The largest absolute Gasteiger partial charge is 0.416 e. The molecule has 0 saturated carbocycles. The van der Waals surface area contributed by atoms with Gasteiger partial charge in [0, 0.05) is 7.05 Å². The summed E-state index contributed by atoms with van der Waals surface area (Å²) in [6.07, 6.45) is -4.52. The van der Waals surface area contributed by atoms with E-state index in [4.69, 9.17) is 5.73 Å². The van der Waals surface area contributed by atoms with Gasteiger partial charge in [-0.25, -0.2) is 13.8 Å². The molecule has 2 aromatic rings. The molecule has 1 amide bonds. The first kappa shape index (κ1) is 18.8. The van der Waals surface area contributed by atoms with Gasteiger partial charge >= 0.3 is 6.18 Å². The van der Waals surface area contributed by atoms with Crippen molar-refractivity contribution in [2.75, 3.05) is 7.05 Å². The van der Waals surface area contributed by atoms with Crippen LogP contribution in [0.25, 0.3) is 0 Å². The Kier molecular flexibility index (Phi) is 4.63. The molecule has 0 bridgehead atoms. The number of aliphatic imine (C=N–C) groups is 1. The molecule has 0 unspecified atom stereocenters. The van der Waals surface area contributed by atoms with Crippen molar-refractivity contribution < 1.29 is 26.7 Å². The number of benzene rings is 2. The third-order valence-corrected chi connectivity index (χ3v) is 4.41. The number of hydrogen-bond acceptors (Lipinski definition) is 3. The van der Waals surface area contributed by atoms with Crippen LogP contribution in [0, 0.1) is 11.6 Å². The SMILES string of the molecule is CN1C(=O)[C@H](c2ccc(C(F)(F)F)cc2)[C@@H](c2ccc(F)c(F)c2)N=C1N. The van der Waals surface area contributed by atoms with Gasteiger partial charge in [-0.1, -0.05) is 18.2 Å². The first-order valence-corrected chi connectivity index (χ1v) is 7.82. The summed E-state index contributed by atoms with van der Waals surface area (Å²) in [4.78, 5) is 18.0. The average Bonchev–Trinajstić information content (AvgIpc) is 2.61. The highest BCUT2D eigenvalue weighted by Crippen LogP contribution is 2.39. The van der Waals surface area contributed by atoms with E-state index in [9.17, 15) is 26.7 Å². The minimum absolute atomic E-state index is 0.127. The minimum Gasteiger partial charge on any atom is -0.369 e. The number of amides is 1. The number of likely N-dealkylation sites (N-methyl/N-ethyl adjacent to an activating group) is 1. The Morgan fingerprint density at radius 1 is 1.00 bits per heavy atom. The number of guanidine groups is 1.